The van der Waals surface area contributed by atoms with Crippen LogP contribution in [0.25, 0.3) is 0 Å². The molecule has 0 saturated carbocycles. The van der Waals surface area contributed by atoms with Crippen LogP contribution in [-0.4, -0.2) is 32.6 Å². The van der Waals surface area contributed by atoms with E-state index in [1.54, 1.807) is 0 Å². The summed E-state index contributed by atoms with van der Waals surface area (Å²) in [5.41, 5.74) is 0. The molecule has 5 heteroatoms. The molecule has 0 unspecified atom stereocenters. The maximum Gasteiger partial charge on any atom is -0.172 e. The molecule has 0 spiro atoms. The van der Waals surface area contributed by atoms with Crippen molar-refractivity contribution < 1.29 is 30.3 Å². The van der Waals surface area contributed by atoms with Gasteiger partial charge >= 0.3 is 77.7 Å². The molecule has 16 heavy (non-hydrogen) atoms. The second-order valence-corrected chi connectivity index (χ2v) is 15.6. The summed E-state index contributed by atoms with van der Waals surface area (Å²) >= 11 is -3.59. The number of rotatable bonds is 0. The van der Waals surface area contributed by atoms with Crippen LogP contribution in [0.3, 0.4) is 0 Å². The molecule has 0 amide bonds. The molecule has 3 nitrogen and oxygen atoms in total. The van der Waals surface area contributed by atoms with Gasteiger partial charge in [-0.25, -0.2) is 12.1 Å². The molecular formula is C11H14O3SnW-. The Morgan fingerprint density at radius 3 is 1.31 bits per heavy atom. The minimum absolute atomic E-state index is 0.543. The SMILES string of the molecule is O=[C]=[W](=[C]=O)=[C]=O.[CH3][Sn]([CH3])[CH3].c1cc[cH-]c1. The van der Waals surface area contributed by atoms with Crippen LogP contribution in [-0.2, 0) is 30.3 Å². The molecule has 0 fully saturated rings. The maximum absolute atomic E-state index is 9.40. The molecule has 1 aromatic carbocycles. The average Bonchev–Trinajstić information content (AvgIpc) is 2.77. The van der Waals surface area contributed by atoms with Crippen molar-refractivity contribution in [3.8, 4) is 0 Å². The predicted octanol–water partition coefficient (Wildman–Crippen LogP) is 1.58. The van der Waals surface area contributed by atoms with Gasteiger partial charge < -0.3 is 0 Å². The van der Waals surface area contributed by atoms with E-state index in [0.717, 1.165) is 0 Å². The first-order valence-corrected chi connectivity index (χ1v) is 17.4. The smallest absolute Gasteiger partial charge is 0.172 e. The molecular weight excluding hydrogens is 483 g/mol. The van der Waals surface area contributed by atoms with Crippen molar-refractivity contribution in [2.75, 3.05) is 0 Å². The molecule has 1 radical (unpaired) electrons. The number of carbonyl (C=O) groups excluding carboxylic acids is 3. The Labute approximate surface area is 107 Å². The molecule has 0 aliphatic rings. The molecule has 0 aliphatic carbocycles. The monoisotopic (exact) mass is 498 g/mol. The minimum Gasteiger partial charge on any atom is -0.214 e. The van der Waals surface area contributed by atoms with Crippen molar-refractivity contribution in [2.24, 2.45) is 0 Å². The third-order valence-corrected chi connectivity index (χ3v) is 2.60. The van der Waals surface area contributed by atoms with Crippen LogP contribution < -0.4 is 0 Å². The van der Waals surface area contributed by atoms with Gasteiger partial charge in [-0.15, -0.1) is 0 Å². The third-order valence-electron chi connectivity index (χ3n) is 0.806. The van der Waals surface area contributed by atoms with E-state index < -0.39 is 35.7 Å². The largest absolute Gasteiger partial charge is 0.214 e. The van der Waals surface area contributed by atoms with Crippen LogP contribution in [0.1, 0.15) is 0 Å². The zero-order valence-corrected chi connectivity index (χ0v) is 15.3. The fraction of sp³-hybridized carbons (Fsp3) is 0.273. The van der Waals surface area contributed by atoms with Gasteiger partial charge in [0, 0.05) is 0 Å². The summed E-state index contributed by atoms with van der Waals surface area (Å²) < 4.78 is 3.90. The van der Waals surface area contributed by atoms with Gasteiger partial charge in [0.05, 0.1) is 0 Å². The van der Waals surface area contributed by atoms with Gasteiger partial charge in [0.1, 0.15) is 0 Å². The normalized spacial score (nSPS) is 7.00. The molecule has 1 rings (SSSR count). The first kappa shape index (κ1) is 18.0. The predicted molar refractivity (Wildman–Crippen MR) is 62.5 cm³/mol. The summed E-state index contributed by atoms with van der Waals surface area (Å²) in [4.78, 5) is 35.3. The zero-order valence-electron chi connectivity index (χ0n) is 9.52. The van der Waals surface area contributed by atoms with E-state index in [1.807, 2.05) is 30.3 Å². The van der Waals surface area contributed by atoms with E-state index in [-0.39, 0.29) is 0 Å². The van der Waals surface area contributed by atoms with Crippen molar-refractivity contribution in [1.82, 2.24) is 0 Å². The van der Waals surface area contributed by atoms with Gasteiger partial charge in [-0.3, -0.25) is 0 Å². The summed E-state index contributed by atoms with van der Waals surface area (Å²) in [7, 11) is 0. The van der Waals surface area contributed by atoms with Crippen molar-refractivity contribution in [3.63, 3.8) is 0 Å². The summed E-state index contributed by atoms with van der Waals surface area (Å²) in [5.74, 6) is 0. The Morgan fingerprint density at radius 2 is 1.25 bits per heavy atom. The van der Waals surface area contributed by atoms with E-state index in [2.05, 4.69) is 14.8 Å². The molecule has 0 N–H and O–H groups in total. The quantitative estimate of drug-likeness (QED) is 0.405. The van der Waals surface area contributed by atoms with E-state index in [4.69, 9.17) is 0 Å². The topological polar surface area (TPSA) is 51.2 Å². The molecule has 0 bridgehead atoms. The van der Waals surface area contributed by atoms with Crippen molar-refractivity contribution >= 4 is 32.6 Å². The average molecular weight is 497 g/mol. The molecule has 87 valence electrons. The maximum atomic E-state index is 9.40. The minimum atomic E-state index is -3.05. The van der Waals surface area contributed by atoms with Gasteiger partial charge in [0.25, 0.3) is 0 Å². The van der Waals surface area contributed by atoms with Crippen molar-refractivity contribution in [1.29, 1.82) is 0 Å². The van der Waals surface area contributed by atoms with Crippen molar-refractivity contribution in [3.05, 3.63) is 30.3 Å². The first-order valence-electron chi connectivity index (χ1n) is 4.39. The van der Waals surface area contributed by atoms with Crippen LogP contribution in [0.5, 0.6) is 0 Å². The van der Waals surface area contributed by atoms with Crippen LogP contribution in [0.2, 0.25) is 14.8 Å². The van der Waals surface area contributed by atoms with Crippen LogP contribution in [0.15, 0.2) is 30.3 Å². The van der Waals surface area contributed by atoms with Gasteiger partial charge in [0.2, 0.25) is 0 Å². The zero-order chi connectivity index (χ0) is 12.8. The summed E-state index contributed by atoms with van der Waals surface area (Å²) in [6.45, 7) is 0. The summed E-state index contributed by atoms with van der Waals surface area (Å²) in [6, 6.07) is 10.0. The van der Waals surface area contributed by atoms with Crippen LogP contribution in [0.4, 0.5) is 0 Å². The Balaban J connectivity index is 0. The van der Waals surface area contributed by atoms with E-state index in [1.165, 1.54) is 12.8 Å². The van der Waals surface area contributed by atoms with Crippen molar-refractivity contribution in [2.45, 2.75) is 14.8 Å². The van der Waals surface area contributed by atoms with E-state index in [9.17, 15) is 14.4 Å². The van der Waals surface area contributed by atoms with Gasteiger partial charge in [0.15, 0.2) is 0 Å². The van der Waals surface area contributed by atoms with E-state index >= 15 is 0 Å². The molecule has 0 aromatic heterocycles. The number of hydrogen-bond donors (Lipinski definition) is 0. The van der Waals surface area contributed by atoms with Gasteiger partial charge in [-0.05, 0) is 0 Å². The summed E-state index contributed by atoms with van der Waals surface area (Å²) in [5, 5.41) is 0. The molecule has 0 aliphatic heterocycles. The molecule has 0 heterocycles. The Morgan fingerprint density at radius 1 is 0.938 bits per heavy atom. The second-order valence-electron chi connectivity index (χ2n) is 3.02. The Hall–Kier alpha value is -0.423. The first-order chi connectivity index (χ1) is 7.58. The fourth-order valence-electron chi connectivity index (χ4n) is 0.372. The fourth-order valence-corrected chi connectivity index (χ4v) is 0.738. The summed E-state index contributed by atoms with van der Waals surface area (Å²) in [6.07, 6.45) is 0. The van der Waals surface area contributed by atoms with Gasteiger partial charge in [-0.2, -0.15) is 18.2 Å². The molecule has 0 atom stereocenters. The van der Waals surface area contributed by atoms with Crippen LogP contribution in [0, 0.1) is 0 Å². The van der Waals surface area contributed by atoms with E-state index in [0.29, 0.717) is 0 Å². The van der Waals surface area contributed by atoms with Gasteiger partial charge in [-0.1, -0.05) is 0 Å². The standard InChI is InChI=1S/C5H5.3CO.3CH3.Sn.W/c1-2-4-5-3-1;3*1-2;;;;;/h1-5H;;;;3*1H3;;/q-1;;;;;;;;. The molecule has 0 saturated heterocycles. The van der Waals surface area contributed by atoms with Crippen LogP contribution >= 0.6 is 0 Å². The number of hydrogen-bond acceptors (Lipinski definition) is 3. The second kappa shape index (κ2) is 14.6. The Bertz CT molecular complexity index is 390. The molecule has 1 aromatic rings. The Kier molecular flexibility index (Phi) is 16.4. The third kappa shape index (κ3) is 19.2.